The Morgan fingerprint density at radius 3 is 2.44 bits per heavy atom. The summed E-state index contributed by atoms with van der Waals surface area (Å²) in [6.45, 7) is 0. The molecule has 1 nitrogen and oxygen atoms in total. The first-order valence-corrected chi connectivity index (χ1v) is 5.95. The molecule has 0 atom stereocenters. The summed E-state index contributed by atoms with van der Waals surface area (Å²) >= 11 is 5.81. The fourth-order valence-electron chi connectivity index (χ4n) is 2.13. The maximum Gasteiger partial charge on any atom is 0.150 e. The van der Waals surface area contributed by atoms with Crippen LogP contribution in [-0.2, 0) is 0 Å². The van der Waals surface area contributed by atoms with Gasteiger partial charge in [0.2, 0.25) is 0 Å². The Bertz CT molecular complexity index is 352. The van der Waals surface area contributed by atoms with E-state index in [2.05, 4.69) is 5.32 Å². The molecule has 0 radical (unpaired) electrons. The third kappa shape index (κ3) is 2.64. The Kier molecular flexibility index (Phi) is 3.64. The maximum absolute atomic E-state index is 13.5. The number of benzene rings is 1. The topological polar surface area (TPSA) is 12.0 Å². The highest BCUT2D eigenvalue weighted by Crippen LogP contribution is 2.29. The molecule has 88 valence electrons. The first kappa shape index (κ1) is 11.6. The lowest BCUT2D eigenvalue weighted by Crippen LogP contribution is -2.23. The summed E-state index contributed by atoms with van der Waals surface area (Å²) in [5, 5.41) is 3.18. The average Bonchev–Trinajstić information content (AvgIpc) is 2.25. The van der Waals surface area contributed by atoms with Crippen molar-refractivity contribution in [2.75, 3.05) is 5.32 Å². The molecule has 1 aromatic carbocycles. The number of anilines is 1. The average molecular weight is 246 g/mol. The van der Waals surface area contributed by atoms with Crippen LogP contribution in [0.4, 0.5) is 14.5 Å². The molecule has 0 bridgehead atoms. The van der Waals surface area contributed by atoms with Crippen molar-refractivity contribution >= 4 is 17.3 Å². The summed E-state index contributed by atoms with van der Waals surface area (Å²) in [6.07, 6.45) is 5.58. The van der Waals surface area contributed by atoms with E-state index in [0.29, 0.717) is 0 Å². The van der Waals surface area contributed by atoms with Gasteiger partial charge < -0.3 is 5.32 Å². The fourth-order valence-corrected chi connectivity index (χ4v) is 2.38. The summed E-state index contributed by atoms with van der Waals surface area (Å²) in [5.74, 6) is -1.26. The summed E-state index contributed by atoms with van der Waals surface area (Å²) < 4.78 is 26.3. The molecule has 0 amide bonds. The van der Waals surface area contributed by atoms with Crippen molar-refractivity contribution in [2.24, 2.45) is 0 Å². The fraction of sp³-hybridized carbons (Fsp3) is 0.500. The van der Waals surface area contributed by atoms with Crippen molar-refractivity contribution in [3.05, 3.63) is 28.8 Å². The van der Waals surface area contributed by atoms with Crippen LogP contribution in [0.3, 0.4) is 0 Å². The quantitative estimate of drug-likeness (QED) is 0.816. The maximum atomic E-state index is 13.5. The van der Waals surface area contributed by atoms with Gasteiger partial charge in [0.05, 0.1) is 10.7 Å². The largest absolute Gasteiger partial charge is 0.379 e. The minimum Gasteiger partial charge on any atom is -0.379 e. The zero-order chi connectivity index (χ0) is 11.5. The third-order valence-corrected chi connectivity index (χ3v) is 3.26. The van der Waals surface area contributed by atoms with E-state index < -0.39 is 11.6 Å². The molecule has 0 spiro atoms. The minimum atomic E-state index is -0.642. The van der Waals surface area contributed by atoms with Crippen LogP contribution in [0, 0.1) is 11.6 Å². The van der Waals surface area contributed by atoms with Crippen molar-refractivity contribution in [3.63, 3.8) is 0 Å². The molecule has 0 heterocycles. The standard InChI is InChI=1S/C12H14ClF2N/c13-10-6-8(14)7-11(15)12(10)16-9-4-2-1-3-5-9/h6-7,9,16H,1-5H2. The normalized spacial score (nSPS) is 17.4. The van der Waals surface area contributed by atoms with E-state index in [1.165, 1.54) is 6.42 Å². The third-order valence-electron chi connectivity index (χ3n) is 2.96. The molecule has 1 N–H and O–H groups in total. The summed E-state index contributed by atoms with van der Waals surface area (Å²) in [7, 11) is 0. The van der Waals surface area contributed by atoms with E-state index in [-0.39, 0.29) is 16.8 Å². The van der Waals surface area contributed by atoms with Crippen LogP contribution in [0.1, 0.15) is 32.1 Å². The van der Waals surface area contributed by atoms with Crippen LogP contribution in [-0.4, -0.2) is 6.04 Å². The second-order valence-corrected chi connectivity index (χ2v) is 4.63. The van der Waals surface area contributed by atoms with Gasteiger partial charge in [-0.25, -0.2) is 8.78 Å². The van der Waals surface area contributed by atoms with Crippen LogP contribution in [0.2, 0.25) is 5.02 Å². The van der Waals surface area contributed by atoms with Crippen LogP contribution in [0.25, 0.3) is 0 Å². The van der Waals surface area contributed by atoms with Gasteiger partial charge in [-0.15, -0.1) is 0 Å². The van der Waals surface area contributed by atoms with Gasteiger partial charge in [0, 0.05) is 12.1 Å². The first-order chi connectivity index (χ1) is 7.66. The van der Waals surface area contributed by atoms with Crippen molar-refractivity contribution in [2.45, 2.75) is 38.1 Å². The Hall–Kier alpha value is -0.830. The number of hydrogen-bond donors (Lipinski definition) is 1. The molecule has 0 saturated heterocycles. The summed E-state index contributed by atoms with van der Waals surface area (Å²) in [5.41, 5.74) is 0.231. The van der Waals surface area contributed by atoms with Gasteiger partial charge in [0.25, 0.3) is 0 Å². The van der Waals surface area contributed by atoms with E-state index in [0.717, 1.165) is 37.8 Å². The second kappa shape index (κ2) is 5.00. The molecule has 1 aliphatic carbocycles. The van der Waals surface area contributed by atoms with Crippen LogP contribution >= 0.6 is 11.6 Å². The van der Waals surface area contributed by atoms with E-state index in [1.54, 1.807) is 0 Å². The molecule has 16 heavy (non-hydrogen) atoms. The zero-order valence-electron chi connectivity index (χ0n) is 8.90. The molecule has 1 aliphatic rings. The predicted molar refractivity (Wildman–Crippen MR) is 61.9 cm³/mol. The lowest BCUT2D eigenvalue weighted by molar-refractivity contribution is 0.460. The lowest BCUT2D eigenvalue weighted by atomic mass is 9.95. The van der Waals surface area contributed by atoms with Gasteiger partial charge in [-0.1, -0.05) is 30.9 Å². The van der Waals surface area contributed by atoms with Gasteiger partial charge in [0.15, 0.2) is 5.82 Å². The molecular formula is C12H14ClF2N. The van der Waals surface area contributed by atoms with Crippen LogP contribution in [0.5, 0.6) is 0 Å². The Morgan fingerprint density at radius 1 is 1.12 bits per heavy atom. The second-order valence-electron chi connectivity index (χ2n) is 4.22. The first-order valence-electron chi connectivity index (χ1n) is 5.58. The van der Waals surface area contributed by atoms with Gasteiger partial charge in [-0.2, -0.15) is 0 Å². The van der Waals surface area contributed by atoms with Crippen molar-refractivity contribution in [1.82, 2.24) is 0 Å². The highest BCUT2D eigenvalue weighted by molar-refractivity contribution is 6.33. The van der Waals surface area contributed by atoms with Gasteiger partial charge in [-0.3, -0.25) is 0 Å². The minimum absolute atomic E-state index is 0.114. The Morgan fingerprint density at radius 2 is 1.81 bits per heavy atom. The molecular weight excluding hydrogens is 232 g/mol. The molecule has 0 aromatic heterocycles. The molecule has 1 aromatic rings. The lowest BCUT2D eigenvalue weighted by Gasteiger charge is -2.24. The van der Waals surface area contributed by atoms with Crippen molar-refractivity contribution in [1.29, 1.82) is 0 Å². The molecule has 4 heteroatoms. The van der Waals surface area contributed by atoms with Crippen LogP contribution < -0.4 is 5.32 Å². The van der Waals surface area contributed by atoms with E-state index >= 15 is 0 Å². The molecule has 1 fully saturated rings. The van der Waals surface area contributed by atoms with Gasteiger partial charge >= 0.3 is 0 Å². The van der Waals surface area contributed by atoms with Gasteiger partial charge in [-0.05, 0) is 18.9 Å². The SMILES string of the molecule is Fc1cc(F)c(NC2CCCCC2)c(Cl)c1. The van der Waals surface area contributed by atoms with E-state index in [1.807, 2.05) is 0 Å². The number of hydrogen-bond acceptors (Lipinski definition) is 1. The number of halogens is 3. The number of rotatable bonds is 2. The van der Waals surface area contributed by atoms with E-state index in [4.69, 9.17) is 11.6 Å². The van der Waals surface area contributed by atoms with Gasteiger partial charge in [0.1, 0.15) is 5.82 Å². The molecule has 1 saturated carbocycles. The molecule has 0 unspecified atom stereocenters. The zero-order valence-corrected chi connectivity index (χ0v) is 9.66. The highest BCUT2D eigenvalue weighted by Gasteiger charge is 2.17. The highest BCUT2D eigenvalue weighted by atomic mass is 35.5. The Labute approximate surface area is 98.8 Å². The van der Waals surface area contributed by atoms with Crippen molar-refractivity contribution < 1.29 is 8.78 Å². The summed E-state index contributed by atoms with van der Waals surface area (Å²) in [6, 6.07) is 2.25. The summed E-state index contributed by atoms with van der Waals surface area (Å²) in [4.78, 5) is 0. The Balaban J connectivity index is 2.14. The van der Waals surface area contributed by atoms with Crippen LogP contribution in [0.15, 0.2) is 12.1 Å². The predicted octanol–water partition coefficient (Wildman–Crippen LogP) is 4.36. The smallest absolute Gasteiger partial charge is 0.150 e. The molecule has 0 aliphatic heterocycles. The van der Waals surface area contributed by atoms with E-state index in [9.17, 15) is 8.78 Å². The molecule has 2 rings (SSSR count). The van der Waals surface area contributed by atoms with Crippen molar-refractivity contribution in [3.8, 4) is 0 Å². The monoisotopic (exact) mass is 245 g/mol. The number of nitrogens with one attached hydrogen (secondary N) is 1.